The summed E-state index contributed by atoms with van der Waals surface area (Å²) in [4.78, 5) is 14.6. The Morgan fingerprint density at radius 1 is 1.37 bits per heavy atom. The van der Waals surface area contributed by atoms with Gasteiger partial charge in [-0.15, -0.1) is 0 Å². The Bertz CT molecular complexity index is 638. The van der Waals surface area contributed by atoms with E-state index in [0.717, 1.165) is 11.1 Å². The predicted molar refractivity (Wildman–Crippen MR) is 71.0 cm³/mol. The lowest BCUT2D eigenvalue weighted by atomic mass is 9.89. The molecule has 1 aromatic carbocycles. The highest BCUT2D eigenvalue weighted by atomic mass is 16.6. The molecule has 1 aliphatic rings. The van der Waals surface area contributed by atoms with Crippen LogP contribution >= 0.6 is 0 Å². The number of non-ortho nitro benzene ring substituents is 1. The van der Waals surface area contributed by atoms with Gasteiger partial charge in [0.2, 0.25) is 0 Å². The van der Waals surface area contributed by atoms with Gasteiger partial charge in [0, 0.05) is 29.4 Å². The van der Waals surface area contributed by atoms with Crippen LogP contribution in [0.5, 0.6) is 0 Å². The van der Waals surface area contributed by atoms with Crippen LogP contribution in [-0.2, 0) is 0 Å². The molecule has 1 aliphatic carbocycles. The van der Waals surface area contributed by atoms with Gasteiger partial charge >= 0.3 is 0 Å². The van der Waals surface area contributed by atoms with Gasteiger partial charge in [-0.2, -0.15) is 0 Å². The summed E-state index contributed by atoms with van der Waals surface area (Å²) in [5.41, 5.74) is 1.22. The molecule has 0 amide bonds. The van der Waals surface area contributed by atoms with E-state index < -0.39 is 4.92 Å². The number of nitrogens with one attached hydrogen (secondary N) is 1. The summed E-state index contributed by atoms with van der Waals surface area (Å²) in [7, 11) is 0. The van der Waals surface area contributed by atoms with Crippen molar-refractivity contribution in [2.45, 2.75) is 25.0 Å². The number of anilines is 1. The van der Waals surface area contributed by atoms with Gasteiger partial charge in [0.25, 0.3) is 5.69 Å². The molecule has 3 rings (SSSR count). The lowest BCUT2D eigenvalue weighted by molar-refractivity contribution is -0.383. The predicted octanol–water partition coefficient (Wildman–Crippen LogP) is 2.08. The van der Waals surface area contributed by atoms with E-state index in [1.807, 2.05) is 6.07 Å². The summed E-state index contributed by atoms with van der Waals surface area (Å²) in [5.74, 6) is 0. The number of fused-ring (bicyclic) bond motifs is 1. The van der Waals surface area contributed by atoms with Crippen molar-refractivity contribution in [2.24, 2.45) is 0 Å². The number of rotatable bonds is 3. The lowest BCUT2D eigenvalue weighted by Crippen LogP contribution is -2.38. The number of hydrogen-bond donors (Lipinski definition) is 2. The molecule has 0 saturated heterocycles. The van der Waals surface area contributed by atoms with Gasteiger partial charge in [-0.3, -0.25) is 10.1 Å². The number of pyridine rings is 1. The number of nitrogens with zero attached hydrogens (tertiary/aromatic N) is 2. The maximum Gasteiger partial charge on any atom is 0.295 e. The highest BCUT2D eigenvalue weighted by Gasteiger charge is 2.27. The van der Waals surface area contributed by atoms with Gasteiger partial charge in [0.05, 0.1) is 11.0 Å². The first-order valence-electron chi connectivity index (χ1n) is 6.12. The van der Waals surface area contributed by atoms with E-state index in [-0.39, 0.29) is 17.8 Å². The fourth-order valence-electron chi connectivity index (χ4n) is 2.36. The highest BCUT2D eigenvalue weighted by molar-refractivity contribution is 5.97. The number of nitro benzene ring substituents is 1. The topological polar surface area (TPSA) is 88.3 Å². The monoisotopic (exact) mass is 259 g/mol. The van der Waals surface area contributed by atoms with E-state index in [4.69, 9.17) is 0 Å². The van der Waals surface area contributed by atoms with Crippen LogP contribution in [0.4, 0.5) is 11.4 Å². The van der Waals surface area contributed by atoms with Crippen molar-refractivity contribution in [2.75, 3.05) is 5.32 Å². The lowest BCUT2D eigenvalue weighted by Gasteiger charge is -2.33. The van der Waals surface area contributed by atoms with Crippen molar-refractivity contribution in [3.8, 4) is 0 Å². The van der Waals surface area contributed by atoms with E-state index in [1.165, 1.54) is 6.07 Å². The minimum atomic E-state index is -0.424. The van der Waals surface area contributed by atoms with Crippen LogP contribution in [-0.4, -0.2) is 27.2 Å². The Kier molecular flexibility index (Phi) is 2.79. The number of benzene rings is 1. The molecule has 1 fully saturated rings. The summed E-state index contributed by atoms with van der Waals surface area (Å²) in [6.45, 7) is 0. The average Bonchev–Trinajstić information content (AvgIpc) is 2.36. The maximum absolute atomic E-state index is 11.0. The molecule has 1 heterocycles. The van der Waals surface area contributed by atoms with Crippen molar-refractivity contribution >= 4 is 22.3 Å². The van der Waals surface area contributed by atoms with Gasteiger partial charge in [0.1, 0.15) is 5.52 Å². The third-order valence-electron chi connectivity index (χ3n) is 3.42. The molecule has 1 aromatic heterocycles. The van der Waals surface area contributed by atoms with Crippen molar-refractivity contribution in [3.63, 3.8) is 0 Å². The quantitative estimate of drug-likeness (QED) is 0.650. The van der Waals surface area contributed by atoms with E-state index in [9.17, 15) is 15.2 Å². The van der Waals surface area contributed by atoms with E-state index >= 15 is 0 Å². The Hall–Kier alpha value is -2.21. The van der Waals surface area contributed by atoms with E-state index in [0.29, 0.717) is 18.4 Å². The van der Waals surface area contributed by atoms with Crippen LogP contribution in [0.3, 0.4) is 0 Å². The van der Waals surface area contributed by atoms with Gasteiger partial charge in [0.15, 0.2) is 0 Å². The Morgan fingerprint density at radius 2 is 2.16 bits per heavy atom. The Labute approximate surface area is 109 Å². The Balaban J connectivity index is 2.01. The van der Waals surface area contributed by atoms with Crippen LogP contribution in [0, 0.1) is 10.1 Å². The minimum absolute atomic E-state index is 0.00907. The number of aliphatic hydroxyl groups is 1. The second-order valence-electron chi connectivity index (χ2n) is 4.76. The zero-order chi connectivity index (χ0) is 13.4. The fourth-order valence-corrected chi connectivity index (χ4v) is 2.36. The van der Waals surface area contributed by atoms with Gasteiger partial charge in [-0.05, 0) is 31.0 Å². The van der Waals surface area contributed by atoms with E-state index in [2.05, 4.69) is 10.3 Å². The van der Waals surface area contributed by atoms with Crippen molar-refractivity contribution in [1.29, 1.82) is 0 Å². The molecular formula is C13H13N3O3. The summed E-state index contributed by atoms with van der Waals surface area (Å²) in [6, 6.07) is 6.96. The summed E-state index contributed by atoms with van der Waals surface area (Å²) >= 11 is 0. The molecule has 1 saturated carbocycles. The summed E-state index contributed by atoms with van der Waals surface area (Å²) in [5, 5.41) is 24.3. The molecule has 6 heteroatoms. The first kappa shape index (κ1) is 11.9. The molecule has 0 unspecified atom stereocenters. The van der Waals surface area contributed by atoms with Gasteiger partial charge in [-0.25, -0.2) is 4.98 Å². The molecule has 0 spiro atoms. The maximum atomic E-state index is 11.0. The molecular weight excluding hydrogens is 246 g/mol. The SMILES string of the molecule is O=[N+]([O-])c1ccc(NC2CC(O)C2)c2cccnc12. The second-order valence-corrected chi connectivity index (χ2v) is 4.76. The summed E-state index contributed by atoms with van der Waals surface area (Å²) < 4.78 is 0. The van der Waals surface area contributed by atoms with Gasteiger partial charge in [-0.1, -0.05) is 0 Å². The zero-order valence-electron chi connectivity index (χ0n) is 10.1. The van der Waals surface area contributed by atoms with Crippen LogP contribution in [0.25, 0.3) is 10.9 Å². The van der Waals surface area contributed by atoms with Crippen LogP contribution < -0.4 is 5.32 Å². The first-order valence-corrected chi connectivity index (χ1v) is 6.12. The second kappa shape index (κ2) is 4.47. The molecule has 6 nitrogen and oxygen atoms in total. The third kappa shape index (κ3) is 2.10. The molecule has 98 valence electrons. The number of aromatic nitrogens is 1. The Morgan fingerprint density at radius 3 is 2.84 bits per heavy atom. The van der Waals surface area contributed by atoms with E-state index in [1.54, 1.807) is 18.3 Å². The number of hydrogen-bond acceptors (Lipinski definition) is 5. The van der Waals surface area contributed by atoms with Gasteiger partial charge < -0.3 is 10.4 Å². The molecule has 2 aromatic rings. The smallest absolute Gasteiger partial charge is 0.295 e. The largest absolute Gasteiger partial charge is 0.393 e. The minimum Gasteiger partial charge on any atom is -0.393 e. The highest BCUT2D eigenvalue weighted by Crippen LogP contribution is 2.32. The first-order chi connectivity index (χ1) is 9.15. The van der Waals surface area contributed by atoms with Crippen LogP contribution in [0.15, 0.2) is 30.5 Å². The fraction of sp³-hybridized carbons (Fsp3) is 0.308. The average molecular weight is 259 g/mol. The number of nitro groups is 1. The normalized spacial score (nSPS) is 21.9. The molecule has 0 atom stereocenters. The standard InChI is InChI=1S/C13H13N3O3/c17-9-6-8(7-9)15-11-3-4-12(16(18)19)13-10(11)2-1-5-14-13/h1-5,8-9,15,17H,6-7H2. The van der Waals surface area contributed by atoms with Crippen LogP contribution in [0.2, 0.25) is 0 Å². The molecule has 0 bridgehead atoms. The zero-order valence-corrected chi connectivity index (χ0v) is 10.1. The van der Waals surface area contributed by atoms with Crippen LogP contribution in [0.1, 0.15) is 12.8 Å². The third-order valence-corrected chi connectivity index (χ3v) is 3.42. The van der Waals surface area contributed by atoms with Crippen molar-refractivity contribution in [3.05, 3.63) is 40.6 Å². The molecule has 0 radical (unpaired) electrons. The molecule has 2 N–H and O–H groups in total. The summed E-state index contributed by atoms with van der Waals surface area (Å²) in [6.07, 6.45) is 2.73. The van der Waals surface area contributed by atoms with Crippen molar-refractivity contribution in [1.82, 2.24) is 4.98 Å². The molecule has 19 heavy (non-hydrogen) atoms. The molecule has 0 aliphatic heterocycles. The van der Waals surface area contributed by atoms with Crippen molar-refractivity contribution < 1.29 is 10.0 Å². The number of aliphatic hydroxyl groups excluding tert-OH is 1.